The van der Waals surface area contributed by atoms with Crippen LogP contribution < -0.4 is 10.6 Å². The summed E-state index contributed by atoms with van der Waals surface area (Å²) in [6.45, 7) is 1.32. The zero-order chi connectivity index (χ0) is 19.8. The number of fused-ring (bicyclic) bond motifs is 1. The van der Waals surface area contributed by atoms with Gasteiger partial charge in [-0.15, -0.1) is 0 Å². The maximum absolute atomic E-state index is 12.8. The first-order valence-electron chi connectivity index (χ1n) is 9.68. The van der Waals surface area contributed by atoms with Crippen LogP contribution in [0.25, 0.3) is 0 Å². The maximum Gasteiger partial charge on any atom is 0.255 e. The smallest absolute Gasteiger partial charge is 0.255 e. The van der Waals surface area contributed by atoms with E-state index in [1.54, 1.807) is 11.0 Å². The van der Waals surface area contributed by atoms with Gasteiger partial charge in [-0.25, -0.2) is 0 Å². The van der Waals surface area contributed by atoms with Gasteiger partial charge in [0.15, 0.2) is 0 Å². The summed E-state index contributed by atoms with van der Waals surface area (Å²) in [6.07, 6.45) is 2.97. The van der Waals surface area contributed by atoms with Gasteiger partial charge in [-0.05, 0) is 42.9 Å². The first kappa shape index (κ1) is 18.5. The first-order chi connectivity index (χ1) is 13.4. The van der Waals surface area contributed by atoms with E-state index in [1.165, 1.54) is 17.7 Å². The Hall–Kier alpha value is -2.90. The Bertz CT molecular complexity index is 849. The Balaban J connectivity index is 1.39. The number of rotatable bonds is 6. The van der Waals surface area contributed by atoms with Crippen molar-refractivity contribution < 1.29 is 19.2 Å². The van der Waals surface area contributed by atoms with Gasteiger partial charge >= 0.3 is 0 Å². The maximum atomic E-state index is 12.8. The fraction of sp³-hybridized carbons (Fsp3) is 0.500. The molecular weight excluding hydrogens is 360 g/mol. The normalized spacial score (nSPS) is 21.4. The predicted octanol–water partition coefficient (Wildman–Crippen LogP) is 0.728. The minimum atomic E-state index is -0.619. The third-order valence-corrected chi connectivity index (χ3v) is 5.63. The van der Waals surface area contributed by atoms with Gasteiger partial charge in [0.2, 0.25) is 17.7 Å². The molecule has 1 saturated heterocycles. The van der Waals surface area contributed by atoms with Crippen molar-refractivity contribution in [1.29, 1.82) is 0 Å². The van der Waals surface area contributed by atoms with E-state index in [4.69, 9.17) is 0 Å². The van der Waals surface area contributed by atoms with Crippen LogP contribution in [0.4, 0.5) is 5.69 Å². The number of nitrogens with zero attached hydrogens (tertiary/aromatic N) is 2. The molecule has 1 unspecified atom stereocenters. The van der Waals surface area contributed by atoms with E-state index in [9.17, 15) is 19.2 Å². The Labute approximate surface area is 163 Å². The van der Waals surface area contributed by atoms with E-state index in [-0.39, 0.29) is 30.7 Å². The highest BCUT2D eigenvalue weighted by atomic mass is 16.2. The summed E-state index contributed by atoms with van der Waals surface area (Å²) in [5.74, 6) is -0.271. The standard InChI is InChI=1S/C20H24N4O4/c1-23(10-12-2-3-12)18(26)9-21-14-5-4-13-11-24(20(28)15(13)8-14)16-6-7-17(25)22-19(16)27/h4-5,8,12,16,21H,2-3,6-7,9-11H2,1H3,(H,22,25,27). The van der Waals surface area contributed by atoms with Crippen LogP contribution in [0.5, 0.6) is 0 Å². The Kier molecular flexibility index (Phi) is 4.78. The number of piperidine rings is 1. The van der Waals surface area contributed by atoms with Crippen LogP contribution in [0.2, 0.25) is 0 Å². The molecule has 4 rings (SSSR count). The van der Waals surface area contributed by atoms with Crippen LogP contribution in [-0.2, 0) is 20.9 Å². The lowest BCUT2D eigenvalue weighted by atomic mass is 10.0. The van der Waals surface area contributed by atoms with Gasteiger partial charge in [0, 0.05) is 37.8 Å². The highest BCUT2D eigenvalue weighted by molar-refractivity contribution is 6.05. The van der Waals surface area contributed by atoms with Gasteiger partial charge in [-0.2, -0.15) is 0 Å². The number of anilines is 1. The largest absolute Gasteiger partial charge is 0.376 e. The van der Waals surface area contributed by atoms with E-state index in [2.05, 4.69) is 10.6 Å². The molecule has 1 saturated carbocycles. The molecule has 2 N–H and O–H groups in total. The topological polar surface area (TPSA) is 98.8 Å². The summed E-state index contributed by atoms with van der Waals surface area (Å²) < 4.78 is 0. The molecule has 8 nitrogen and oxygen atoms in total. The van der Waals surface area contributed by atoms with Crippen molar-refractivity contribution in [2.24, 2.45) is 5.92 Å². The minimum absolute atomic E-state index is 0.0175. The van der Waals surface area contributed by atoms with Crippen molar-refractivity contribution in [3.8, 4) is 0 Å². The Morgan fingerprint density at radius 2 is 2.04 bits per heavy atom. The fourth-order valence-corrected chi connectivity index (χ4v) is 3.77. The molecule has 8 heteroatoms. The molecule has 0 bridgehead atoms. The molecule has 28 heavy (non-hydrogen) atoms. The average molecular weight is 384 g/mol. The van der Waals surface area contributed by atoms with Crippen LogP contribution >= 0.6 is 0 Å². The number of likely N-dealkylation sites (N-methyl/N-ethyl adjacent to an activating group) is 1. The Morgan fingerprint density at radius 1 is 1.25 bits per heavy atom. The van der Waals surface area contributed by atoms with E-state index in [1.807, 2.05) is 19.2 Å². The van der Waals surface area contributed by atoms with Crippen molar-refractivity contribution in [3.05, 3.63) is 29.3 Å². The third kappa shape index (κ3) is 3.72. The van der Waals surface area contributed by atoms with Gasteiger partial charge < -0.3 is 15.1 Å². The molecule has 2 aliphatic heterocycles. The van der Waals surface area contributed by atoms with Crippen molar-refractivity contribution >= 4 is 29.3 Å². The number of carbonyl (C=O) groups is 4. The molecule has 1 aromatic carbocycles. The van der Waals surface area contributed by atoms with Crippen molar-refractivity contribution in [2.45, 2.75) is 38.3 Å². The van der Waals surface area contributed by atoms with Gasteiger partial charge in [-0.3, -0.25) is 24.5 Å². The number of benzene rings is 1. The number of hydrogen-bond donors (Lipinski definition) is 2. The average Bonchev–Trinajstić information content (AvgIpc) is 3.42. The summed E-state index contributed by atoms with van der Waals surface area (Å²) in [4.78, 5) is 51.7. The molecule has 2 heterocycles. The monoisotopic (exact) mass is 384 g/mol. The SMILES string of the molecule is CN(CC1CC1)C(=O)CNc1ccc2c(c1)C(=O)N(C1CCC(=O)NC1=O)C2. The minimum Gasteiger partial charge on any atom is -0.376 e. The number of carbonyl (C=O) groups excluding carboxylic acids is 4. The molecule has 0 radical (unpaired) electrons. The lowest BCUT2D eigenvalue weighted by Crippen LogP contribution is -2.52. The quantitative estimate of drug-likeness (QED) is 0.705. The van der Waals surface area contributed by atoms with E-state index >= 15 is 0 Å². The Morgan fingerprint density at radius 3 is 2.75 bits per heavy atom. The molecule has 0 aromatic heterocycles. The summed E-state index contributed by atoms with van der Waals surface area (Å²) >= 11 is 0. The fourth-order valence-electron chi connectivity index (χ4n) is 3.77. The van der Waals surface area contributed by atoms with E-state index in [0.29, 0.717) is 30.1 Å². The summed E-state index contributed by atoms with van der Waals surface area (Å²) in [7, 11) is 1.81. The molecule has 4 amide bonds. The molecule has 148 valence electrons. The molecule has 1 atom stereocenters. The van der Waals surface area contributed by atoms with Crippen LogP contribution in [0.1, 0.15) is 41.6 Å². The van der Waals surface area contributed by atoms with Crippen LogP contribution in [0, 0.1) is 5.92 Å². The number of imide groups is 1. The number of hydrogen-bond acceptors (Lipinski definition) is 5. The predicted molar refractivity (Wildman–Crippen MR) is 101 cm³/mol. The molecular formula is C20H24N4O4. The summed E-state index contributed by atoms with van der Waals surface area (Å²) in [5, 5.41) is 5.39. The molecule has 1 aliphatic carbocycles. The second-order valence-corrected chi connectivity index (χ2v) is 7.84. The highest BCUT2D eigenvalue weighted by Crippen LogP contribution is 2.30. The van der Waals surface area contributed by atoms with Crippen molar-refractivity contribution in [1.82, 2.24) is 15.1 Å². The van der Waals surface area contributed by atoms with Crippen LogP contribution in [0.15, 0.2) is 18.2 Å². The van der Waals surface area contributed by atoms with Gasteiger partial charge in [0.25, 0.3) is 5.91 Å². The number of nitrogens with one attached hydrogen (secondary N) is 2. The molecule has 2 fully saturated rings. The van der Waals surface area contributed by atoms with Gasteiger partial charge in [0.05, 0.1) is 6.54 Å². The lowest BCUT2D eigenvalue weighted by molar-refractivity contribution is -0.137. The second-order valence-electron chi connectivity index (χ2n) is 7.84. The van der Waals surface area contributed by atoms with Crippen LogP contribution in [-0.4, -0.2) is 59.6 Å². The second kappa shape index (κ2) is 7.26. The zero-order valence-corrected chi connectivity index (χ0v) is 15.9. The highest BCUT2D eigenvalue weighted by Gasteiger charge is 2.39. The van der Waals surface area contributed by atoms with E-state index < -0.39 is 11.9 Å². The number of amides is 4. The molecule has 0 spiro atoms. The molecule has 3 aliphatic rings. The van der Waals surface area contributed by atoms with Crippen molar-refractivity contribution in [2.75, 3.05) is 25.5 Å². The lowest BCUT2D eigenvalue weighted by Gasteiger charge is -2.29. The van der Waals surface area contributed by atoms with Crippen molar-refractivity contribution in [3.63, 3.8) is 0 Å². The summed E-state index contributed by atoms with van der Waals surface area (Å²) in [6, 6.07) is 4.80. The van der Waals surface area contributed by atoms with E-state index in [0.717, 1.165) is 12.1 Å². The zero-order valence-electron chi connectivity index (χ0n) is 15.9. The van der Waals surface area contributed by atoms with Crippen LogP contribution in [0.3, 0.4) is 0 Å². The summed E-state index contributed by atoms with van der Waals surface area (Å²) in [5.41, 5.74) is 2.08. The third-order valence-electron chi connectivity index (χ3n) is 5.63. The first-order valence-corrected chi connectivity index (χ1v) is 9.68. The van der Waals surface area contributed by atoms with Gasteiger partial charge in [0.1, 0.15) is 6.04 Å². The van der Waals surface area contributed by atoms with Gasteiger partial charge in [-0.1, -0.05) is 6.07 Å². The molecule has 1 aromatic rings.